The Morgan fingerprint density at radius 2 is 2.00 bits per heavy atom. The molecular formula is C17H16BrClN2O4. The van der Waals surface area contributed by atoms with Gasteiger partial charge in [0.25, 0.3) is 5.91 Å². The van der Waals surface area contributed by atoms with Crippen LogP contribution in [0.5, 0.6) is 17.2 Å². The van der Waals surface area contributed by atoms with Crippen molar-refractivity contribution in [3.8, 4) is 17.2 Å². The van der Waals surface area contributed by atoms with E-state index in [2.05, 4.69) is 26.5 Å². The van der Waals surface area contributed by atoms with E-state index in [1.54, 1.807) is 30.3 Å². The maximum atomic E-state index is 11.8. The Morgan fingerprint density at radius 3 is 2.68 bits per heavy atom. The van der Waals surface area contributed by atoms with Crippen LogP contribution in [0.4, 0.5) is 0 Å². The molecule has 0 heterocycles. The Morgan fingerprint density at radius 1 is 1.32 bits per heavy atom. The summed E-state index contributed by atoms with van der Waals surface area (Å²) in [5.74, 6) is 0.461. The van der Waals surface area contributed by atoms with E-state index in [0.29, 0.717) is 28.1 Å². The third kappa shape index (κ3) is 5.65. The van der Waals surface area contributed by atoms with Crippen molar-refractivity contribution in [3.63, 3.8) is 0 Å². The molecule has 0 radical (unpaired) electrons. The predicted molar refractivity (Wildman–Crippen MR) is 99.7 cm³/mol. The second-order valence-corrected chi connectivity index (χ2v) is 6.11. The topological polar surface area (TPSA) is 80.2 Å². The van der Waals surface area contributed by atoms with E-state index < -0.39 is 5.91 Å². The number of nitrogens with one attached hydrogen (secondary N) is 1. The maximum absolute atomic E-state index is 11.8. The summed E-state index contributed by atoms with van der Waals surface area (Å²) in [6.07, 6.45) is 1.29. The van der Waals surface area contributed by atoms with Crippen molar-refractivity contribution in [3.05, 3.63) is 51.5 Å². The number of phenols is 1. The number of halogens is 2. The number of carbonyl (C=O) groups excluding carboxylic acids is 1. The molecule has 2 aromatic carbocycles. The maximum Gasteiger partial charge on any atom is 0.277 e. The fraction of sp³-hybridized carbons (Fsp3) is 0.176. The van der Waals surface area contributed by atoms with Gasteiger partial charge in [0.1, 0.15) is 5.75 Å². The minimum Gasteiger partial charge on any atom is -0.506 e. The first-order valence-corrected chi connectivity index (χ1v) is 8.53. The van der Waals surface area contributed by atoms with E-state index in [0.717, 1.165) is 0 Å². The Balaban J connectivity index is 1.91. The SMILES string of the molecule is CCOc1ccccc1OCC(=O)N/N=C/c1cc(Br)cc(Cl)c1O. The third-order valence-electron chi connectivity index (χ3n) is 2.96. The van der Waals surface area contributed by atoms with Crippen LogP contribution in [0.3, 0.4) is 0 Å². The molecule has 6 nitrogen and oxygen atoms in total. The Bertz CT molecular complexity index is 783. The normalized spacial score (nSPS) is 10.7. The first-order chi connectivity index (χ1) is 12.0. The monoisotopic (exact) mass is 426 g/mol. The van der Waals surface area contributed by atoms with Crippen LogP contribution in [0.15, 0.2) is 46.0 Å². The van der Waals surface area contributed by atoms with E-state index in [9.17, 15) is 9.90 Å². The fourth-order valence-corrected chi connectivity index (χ4v) is 2.71. The van der Waals surface area contributed by atoms with Crippen molar-refractivity contribution in [2.45, 2.75) is 6.92 Å². The molecule has 0 unspecified atom stereocenters. The zero-order chi connectivity index (χ0) is 18.2. The van der Waals surface area contributed by atoms with Gasteiger partial charge in [-0.1, -0.05) is 39.7 Å². The molecular weight excluding hydrogens is 412 g/mol. The molecule has 0 bridgehead atoms. The van der Waals surface area contributed by atoms with Gasteiger partial charge < -0.3 is 14.6 Å². The molecule has 25 heavy (non-hydrogen) atoms. The Kier molecular flexibility index (Phi) is 7.09. The van der Waals surface area contributed by atoms with Crippen LogP contribution in [-0.4, -0.2) is 30.4 Å². The summed E-state index contributed by atoms with van der Waals surface area (Å²) in [7, 11) is 0. The lowest BCUT2D eigenvalue weighted by Gasteiger charge is -2.10. The number of ether oxygens (including phenoxy) is 2. The molecule has 0 aliphatic heterocycles. The summed E-state index contributed by atoms with van der Waals surface area (Å²) in [4.78, 5) is 11.8. The number of rotatable bonds is 7. The van der Waals surface area contributed by atoms with E-state index >= 15 is 0 Å². The van der Waals surface area contributed by atoms with Gasteiger partial charge in [0.05, 0.1) is 17.8 Å². The lowest BCUT2D eigenvalue weighted by Crippen LogP contribution is -2.24. The van der Waals surface area contributed by atoms with Crippen molar-refractivity contribution in [1.29, 1.82) is 0 Å². The third-order valence-corrected chi connectivity index (χ3v) is 3.70. The molecule has 1 amide bonds. The number of phenolic OH excluding ortho intramolecular Hbond substituents is 1. The molecule has 0 fully saturated rings. The van der Waals surface area contributed by atoms with Gasteiger partial charge in [0.15, 0.2) is 18.1 Å². The molecule has 0 aliphatic rings. The van der Waals surface area contributed by atoms with Crippen molar-refractivity contribution < 1.29 is 19.4 Å². The predicted octanol–water partition coefficient (Wildman–Crippen LogP) is 3.74. The number of aromatic hydroxyl groups is 1. The largest absolute Gasteiger partial charge is 0.506 e. The van der Waals surface area contributed by atoms with Gasteiger partial charge in [0.2, 0.25) is 0 Å². The fourth-order valence-electron chi connectivity index (χ4n) is 1.88. The van der Waals surface area contributed by atoms with Crippen molar-refractivity contribution in [1.82, 2.24) is 5.43 Å². The van der Waals surface area contributed by atoms with Gasteiger partial charge in [-0.05, 0) is 31.2 Å². The van der Waals surface area contributed by atoms with Crippen molar-refractivity contribution in [2.24, 2.45) is 5.10 Å². The minimum atomic E-state index is -0.455. The highest BCUT2D eigenvalue weighted by Gasteiger charge is 2.08. The van der Waals surface area contributed by atoms with Crippen LogP contribution in [-0.2, 0) is 4.79 Å². The molecule has 2 aromatic rings. The molecule has 0 aliphatic carbocycles. The molecule has 0 spiro atoms. The highest BCUT2D eigenvalue weighted by Crippen LogP contribution is 2.30. The second kappa shape index (κ2) is 9.29. The van der Waals surface area contributed by atoms with Gasteiger partial charge in [0, 0.05) is 10.0 Å². The summed E-state index contributed by atoms with van der Waals surface area (Å²) in [6.45, 7) is 2.13. The summed E-state index contributed by atoms with van der Waals surface area (Å²) in [6, 6.07) is 10.2. The smallest absolute Gasteiger partial charge is 0.277 e. The van der Waals surface area contributed by atoms with Crippen LogP contribution < -0.4 is 14.9 Å². The highest BCUT2D eigenvalue weighted by molar-refractivity contribution is 9.10. The lowest BCUT2D eigenvalue weighted by atomic mass is 10.2. The standard InChI is InChI=1S/C17H16BrClN2O4/c1-2-24-14-5-3-4-6-15(14)25-10-16(22)21-20-9-11-7-12(18)8-13(19)17(11)23/h3-9,23H,2,10H2,1H3,(H,21,22)/b20-9+. The summed E-state index contributed by atoms with van der Waals surface area (Å²) >= 11 is 9.12. The number of hydrazone groups is 1. The number of benzene rings is 2. The number of carbonyl (C=O) groups is 1. The zero-order valence-electron chi connectivity index (χ0n) is 13.3. The first kappa shape index (κ1) is 19.1. The Labute approximate surface area is 158 Å². The zero-order valence-corrected chi connectivity index (χ0v) is 15.7. The van der Waals surface area contributed by atoms with Gasteiger partial charge in [-0.2, -0.15) is 5.10 Å². The van der Waals surface area contributed by atoms with E-state index in [1.807, 2.05) is 13.0 Å². The van der Waals surface area contributed by atoms with Crippen LogP contribution in [0.25, 0.3) is 0 Å². The molecule has 132 valence electrons. The van der Waals surface area contributed by atoms with E-state index in [4.69, 9.17) is 21.1 Å². The van der Waals surface area contributed by atoms with E-state index in [-0.39, 0.29) is 17.4 Å². The number of hydrogen-bond acceptors (Lipinski definition) is 5. The molecule has 0 saturated heterocycles. The molecule has 2 N–H and O–H groups in total. The van der Waals surface area contributed by atoms with Crippen LogP contribution >= 0.6 is 27.5 Å². The second-order valence-electron chi connectivity index (χ2n) is 4.79. The molecule has 2 rings (SSSR count). The van der Waals surface area contributed by atoms with Crippen LogP contribution in [0.2, 0.25) is 5.02 Å². The summed E-state index contributed by atoms with van der Waals surface area (Å²) < 4.78 is 11.5. The minimum absolute atomic E-state index is 0.121. The van der Waals surface area contributed by atoms with Gasteiger partial charge in [-0.25, -0.2) is 5.43 Å². The van der Waals surface area contributed by atoms with Crippen LogP contribution in [0, 0.1) is 0 Å². The number of hydrogen-bond donors (Lipinski definition) is 2. The molecule has 0 saturated carbocycles. The molecule has 8 heteroatoms. The Hall–Kier alpha value is -2.25. The summed E-state index contributed by atoms with van der Waals surface area (Å²) in [5, 5.41) is 13.8. The highest BCUT2D eigenvalue weighted by atomic mass is 79.9. The van der Waals surface area contributed by atoms with Crippen molar-refractivity contribution >= 4 is 39.7 Å². The van der Waals surface area contributed by atoms with E-state index in [1.165, 1.54) is 6.21 Å². The molecule has 0 atom stereocenters. The van der Waals surface area contributed by atoms with Crippen LogP contribution in [0.1, 0.15) is 12.5 Å². The molecule has 0 aromatic heterocycles. The number of amides is 1. The number of nitrogens with zero attached hydrogens (tertiary/aromatic N) is 1. The average molecular weight is 428 g/mol. The summed E-state index contributed by atoms with van der Waals surface area (Å²) in [5.41, 5.74) is 2.68. The van der Waals surface area contributed by atoms with Gasteiger partial charge in [-0.15, -0.1) is 0 Å². The first-order valence-electron chi connectivity index (χ1n) is 7.35. The average Bonchev–Trinajstić information content (AvgIpc) is 2.58. The quantitative estimate of drug-likeness (QED) is 0.521. The number of para-hydroxylation sites is 2. The lowest BCUT2D eigenvalue weighted by molar-refractivity contribution is -0.123. The van der Waals surface area contributed by atoms with Gasteiger partial charge in [-0.3, -0.25) is 4.79 Å². The van der Waals surface area contributed by atoms with Crippen molar-refractivity contribution in [2.75, 3.05) is 13.2 Å². The van der Waals surface area contributed by atoms with Gasteiger partial charge >= 0.3 is 0 Å².